The molecule has 7 heteroatoms. The summed E-state index contributed by atoms with van der Waals surface area (Å²) in [6, 6.07) is 0. The summed E-state index contributed by atoms with van der Waals surface area (Å²) in [6.07, 6.45) is 3.00. The van der Waals surface area contributed by atoms with E-state index in [2.05, 4.69) is 14.9 Å². The number of carboxylic acids is 1. The molecule has 0 unspecified atom stereocenters. The van der Waals surface area contributed by atoms with E-state index in [1.807, 2.05) is 6.92 Å². The Labute approximate surface area is 123 Å². The maximum absolute atomic E-state index is 12.7. The highest BCUT2D eigenvalue weighted by Gasteiger charge is 2.37. The summed E-state index contributed by atoms with van der Waals surface area (Å²) in [5.41, 5.74) is 1.27. The Balaban J connectivity index is 2.11. The third-order valence-electron chi connectivity index (χ3n) is 4.18. The molecule has 1 heterocycles. The first kappa shape index (κ1) is 15.5. The zero-order valence-corrected chi connectivity index (χ0v) is 12.4. The zero-order chi connectivity index (χ0) is 15.4. The third kappa shape index (κ3) is 3.40. The van der Waals surface area contributed by atoms with Gasteiger partial charge in [-0.2, -0.15) is 0 Å². The van der Waals surface area contributed by atoms with E-state index in [1.165, 1.54) is 0 Å². The molecule has 0 aliphatic heterocycles. The molecule has 1 aliphatic rings. The molecule has 1 aliphatic carbocycles. The molecule has 1 amide bonds. The van der Waals surface area contributed by atoms with Crippen molar-refractivity contribution in [3.8, 4) is 0 Å². The zero-order valence-electron chi connectivity index (χ0n) is 12.4. The average Bonchev–Trinajstić information content (AvgIpc) is 2.89. The lowest BCUT2D eigenvalue weighted by molar-refractivity contribution is -0.152. The van der Waals surface area contributed by atoms with Crippen LogP contribution in [0, 0.1) is 18.8 Å². The number of rotatable bonds is 5. The molecule has 1 N–H and O–H groups in total. The molecule has 116 valence electrons. The molecule has 0 radical (unpaired) electrons. The van der Waals surface area contributed by atoms with E-state index in [1.54, 1.807) is 11.8 Å². The first-order chi connectivity index (χ1) is 10.0. The summed E-state index contributed by atoms with van der Waals surface area (Å²) in [7, 11) is 0. The van der Waals surface area contributed by atoms with Crippen LogP contribution in [-0.2, 0) is 16.1 Å². The van der Waals surface area contributed by atoms with Gasteiger partial charge in [0.05, 0.1) is 18.4 Å². The molecule has 1 aromatic heterocycles. The van der Waals surface area contributed by atoms with Crippen molar-refractivity contribution in [2.24, 2.45) is 11.8 Å². The lowest BCUT2D eigenvalue weighted by Gasteiger charge is -2.32. The molecule has 1 fully saturated rings. The minimum atomic E-state index is -0.872. The number of hydrogen-bond donors (Lipinski definition) is 1. The molecule has 0 spiro atoms. The molecule has 21 heavy (non-hydrogen) atoms. The maximum Gasteiger partial charge on any atom is 0.307 e. The monoisotopic (exact) mass is 295 g/mol. The second kappa shape index (κ2) is 6.69. The van der Waals surface area contributed by atoms with Crippen LogP contribution in [0.5, 0.6) is 0 Å². The fourth-order valence-corrected chi connectivity index (χ4v) is 2.88. The van der Waals surface area contributed by atoms with Gasteiger partial charge < -0.3 is 10.0 Å². The van der Waals surface area contributed by atoms with Crippen molar-refractivity contribution in [2.45, 2.75) is 46.1 Å². The van der Waals surface area contributed by atoms with E-state index in [0.29, 0.717) is 37.3 Å². The minimum absolute atomic E-state index is 0.105. The van der Waals surface area contributed by atoms with E-state index in [0.717, 1.165) is 12.8 Å². The van der Waals surface area contributed by atoms with E-state index >= 15 is 0 Å². The predicted molar refractivity (Wildman–Crippen MR) is 73.2 cm³/mol. The quantitative estimate of drug-likeness (QED) is 0.886. The van der Waals surface area contributed by atoms with Gasteiger partial charge in [0.2, 0.25) is 5.91 Å². The second-order valence-electron chi connectivity index (χ2n) is 5.48. The molecule has 2 atom stereocenters. The van der Waals surface area contributed by atoms with Gasteiger partial charge in [-0.15, -0.1) is 0 Å². The fraction of sp³-hybridized carbons (Fsp3) is 0.714. The first-order valence-corrected chi connectivity index (χ1v) is 7.34. The molecule has 0 aromatic carbocycles. The Bertz CT molecular complexity index is 514. The van der Waals surface area contributed by atoms with Crippen LogP contribution in [0.4, 0.5) is 0 Å². The summed E-state index contributed by atoms with van der Waals surface area (Å²) in [4.78, 5) is 25.6. The third-order valence-corrected chi connectivity index (χ3v) is 4.18. The van der Waals surface area contributed by atoms with Crippen molar-refractivity contribution >= 4 is 11.9 Å². The maximum atomic E-state index is 12.7. The van der Waals surface area contributed by atoms with Crippen LogP contribution in [0.25, 0.3) is 0 Å². The van der Waals surface area contributed by atoms with E-state index in [4.69, 9.17) is 0 Å². The summed E-state index contributed by atoms with van der Waals surface area (Å²) in [5, 5.41) is 16.8. The number of carboxylic acid groups (broad SMARTS) is 1. The fourth-order valence-electron chi connectivity index (χ4n) is 2.88. The largest absolute Gasteiger partial charge is 0.481 e. The van der Waals surface area contributed by atoms with Crippen LogP contribution in [0.1, 0.15) is 44.0 Å². The number of aliphatic carboxylic acids is 1. The van der Waals surface area contributed by atoms with Crippen molar-refractivity contribution in [3.63, 3.8) is 0 Å². The van der Waals surface area contributed by atoms with Gasteiger partial charge in [-0.1, -0.05) is 23.2 Å². The van der Waals surface area contributed by atoms with Crippen molar-refractivity contribution in [3.05, 3.63) is 11.4 Å². The second-order valence-corrected chi connectivity index (χ2v) is 5.48. The van der Waals surface area contributed by atoms with Crippen LogP contribution in [0.2, 0.25) is 0 Å². The van der Waals surface area contributed by atoms with E-state index < -0.39 is 17.8 Å². The Morgan fingerprint density at radius 3 is 2.48 bits per heavy atom. The number of carbonyl (C=O) groups excluding carboxylic acids is 1. The Hall–Kier alpha value is -1.92. The normalized spacial score (nSPS) is 22.0. The van der Waals surface area contributed by atoms with E-state index in [9.17, 15) is 14.7 Å². The van der Waals surface area contributed by atoms with Gasteiger partial charge in [-0.25, -0.2) is 4.63 Å². The highest BCUT2D eigenvalue weighted by atomic mass is 16.6. The minimum Gasteiger partial charge on any atom is -0.481 e. The highest BCUT2D eigenvalue weighted by Crippen LogP contribution is 2.32. The lowest BCUT2D eigenvalue weighted by atomic mass is 9.78. The molecule has 1 saturated carbocycles. The SMILES string of the molecule is CCN(Cc1nonc1C)C(=O)[C@H]1CCCC[C@@H]1C(=O)O. The summed E-state index contributed by atoms with van der Waals surface area (Å²) in [5.74, 6) is -1.98. The van der Waals surface area contributed by atoms with Crippen LogP contribution >= 0.6 is 0 Å². The van der Waals surface area contributed by atoms with Crippen LogP contribution in [0.15, 0.2) is 4.63 Å². The van der Waals surface area contributed by atoms with Crippen molar-refractivity contribution < 1.29 is 19.3 Å². The Kier molecular flexibility index (Phi) is 4.93. The van der Waals surface area contributed by atoms with Gasteiger partial charge in [-0.3, -0.25) is 9.59 Å². The molecular weight excluding hydrogens is 274 g/mol. The summed E-state index contributed by atoms with van der Waals surface area (Å²) < 4.78 is 4.64. The lowest BCUT2D eigenvalue weighted by Crippen LogP contribution is -2.42. The molecule has 1 aromatic rings. The van der Waals surface area contributed by atoms with E-state index in [-0.39, 0.29) is 5.91 Å². The Morgan fingerprint density at radius 2 is 1.95 bits per heavy atom. The Morgan fingerprint density at radius 1 is 1.29 bits per heavy atom. The van der Waals surface area contributed by atoms with Gasteiger partial charge in [0.15, 0.2) is 0 Å². The van der Waals surface area contributed by atoms with Crippen LogP contribution in [-0.4, -0.2) is 38.7 Å². The van der Waals surface area contributed by atoms with Gasteiger partial charge in [-0.05, 0) is 26.7 Å². The topological polar surface area (TPSA) is 96.5 Å². The number of carbonyl (C=O) groups is 2. The summed E-state index contributed by atoms with van der Waals surface area (Å²) in [6.45, 7) is 4.46. The number of hydrogen-bond acceptors (Lipinski definition) is 5. The average molecular weight is 295 g/mol. The highest BCUT2D eigenvalue weighted by molar-refractivity contribution is 5.85. The number of aromatic nitrogens is 2. The molecule has 2 rings (SSSR count). The summed E-state index contributed by atoms with van der Waals surface area (Å²) >= 11 is 0. The van der Waals surface area contributed by atoms with Gasteiger partial charge in [0.25, 0.3) is 0 Å². The van der Waals surface area contributed by atoms with Gasteiger partial charge >= 0.3 is 5.97 Å². The molecule has 0 bridgehead atoms. The van der Waals surface area contributed by atoms with Crippen LogP contribution < -0.4 is 0 Å². The molecular formula is C14H21N3O4. The van der Waals surface area contributed by atoms with Gasteiger partial charge in [0.1, 0.15) is 11.4 Å². The van der Waals surface area contributed by atoms with Gasteiger partial charge in [0, 0.05) is 6.54 Å². The van der Waals surface area contributed by atoms with Crippen molar-refractivity contribution in [1.29, 1.82) is 0 Å². The molecule has 7 nitrogen and oxygen atoms in total. The number of aryl methyl sites for hydroxylation is 1. The van der Waals surface area contributed by atoms with Crippen LogP contribution in [0.3, 0.4) is 0 Å². The van der Waals surface area contributed by atoms with Crippen molar-refractivity contribution in [2.75, 3.05) is 6.54 Å². The van der Waals surface area contributed by atoms with Crippen molar-refractivity contribution in [1.82, 2.24) is 15.2 Å². The first-order valence-electron chi connectivity index (χ1n) is 7.34. The molecule has 0 saturated heterocycles. The smallest absolute Gasteiger partial charge is 0.307 e. The number of nitrogens with zero attached hydrogens (tertiary/aromatic N) is 3. The standard InChI is InChI=1S/C14H21N3O4/c1-3-17(8-12-9(2)15-21-16-12)13(18)10-6-4-5-7-11(10)14(19)20/h10-11H,3-8H2,1-2H3,(H,19,20)/t10-,11-/m0/s1. The predicted octanol–water partition coefficient (Wildman–Crippen LogP) is 1.62. The number of amides is 1.